The molecule has 5 nitrogen and oxygen atoms in total. The molecule has 1 amide bonds. The normalized spacial score (nSPS) is 20.5. The van der Waals surface area contributed by atoms with Crippen LogP contribution in [0.4, 0.5) is 0 Å². The second-order valence-corrected chi connectivity index (χ2v) is 8.16. The molecule has 1 aromatic rings. The van der Waals surface area contributed by atoms with E-state index in [1.807, 2.05) is 43.3 Å². The van der Waals surface area contributed by atoms with Gasteiger partial charge in [0.2, 0.25) is 0 Å². The third kappa shape index (κ3) is 4.78. The number of fused-ring (bicyclic) bond motifs is 1. The van der Waals surface area contributed by atoms with Crippen LogP contribution >= 0.6 is 24.0 Å². The molecular formula is C20H21NO4S2. The Morgan fingerprint density at radius 3 is 2.89 bits per heavy atom. The number of carboxylic acids is 1. The summed E-state index contributed by atoms with van der Waals surface area (Å²) in [6.07, 6.45) is 6.04. The highest BCUT2D eigenvalue weighted by atomic mass is 32.2. The Bertz CT molecular complexity index is 831. The van der Waals surface area contributed by atoms with Crippen molar-refractivity contribution in [1.82, 2.24) is 4.90 Å². The van der Waals surface area contributed by atoms with Crippen LogP contribution in [0.3, 0.4) is 0 Å². The molecule has 27 heavy (non-hydrogen) atoms. The number of ether oxygens (including phenoxy) is 1. The molecule has 1 atom stereocenters. The molecule has 0 aliphatic carbocycles. The smallest absolute Gasteiger partial charge is 0.303 e. The van der Waals surface area contributed by atoms with Gasteiger partial charge in [0.1, 0.15) is 16.2 Å². The Labute approximate surface area is 168 Å². The van der Waals surface area contributed by atoms with Crippen molar-refractivity contribution in [3.63, 3.8) is 0 Å². The van der Waals surface area contributed by atoms with Crippen LogP contribution in [0.2, 0.25) is 0 Å². The maximum Gasteiger partial charge on any atom is 0.303 e. The minimum atomic E-state index is -0.790. The van der Waals surface area contributed by atoms with Crippen LogP contribution in [-0.2, 0) is 9.59 Å². The number of unbranched alkanes of at least 4 members (excludes halogenated alkanes) is 2. The zero-order valence-electron chi connectivity index (χ0n) is 15.0. The van der Waals surface area contributed by atoms with Gasteiger partial charge in [-0.15, -0.1) is 0 Å². The van der Waals surface area contributed by atoms with Gasteiger partial charge in [0, 0.05) is 18.5 Å². The van der Waals surface area contributed by atoms with E-state index in [4.69, 9.17) is 22.1 Å². The van der Waals surface area contributed by atoms with Crippen molar-refractivity contribution in [2.45, 2.75) is 38.7 Å². The zero-order chi connectivity index (χ0) is 19.4. The number of thioether (sulfide) groups is 1. The van der Waals surface area contributed by atoms with Crippen molar-refractivity contribution in [2.24, 2.45) is 0 Å². The number of benzene rings is 1. The molecule has 2 aliphatic heterocycles. The Morgan fingerprint density at radius 1 is 1.33 bits per heavy atom. The van der Waals surface area contributed by atoms with Gasteiger partial charge in [0.15, 0.2) is 0 Å². The van der Waals surface area contributed by atoms with E-state index in [-0.39, 0.29) is 18.4 Å². The number of rotatable bonds is 7. The zero-order valence-corrected chi connectivity index (χ0v) is 16.6. The van der Waals surface area contributed by atoms with E-state index < -0.39 is 5.97 Å². The first-order chi connectivity index (χ1) is 13.0. The number of amides is 1. The van der Waals surface area contributed by atoms with Crippen molar-refractivity contribution in [3.8, 4) is 5.75 Å². The van der Waals surface area contributed by atoms with Crippen LogP contribution in [-0.4, -0.2) is 38.9 Å². The fourth-order valence-corrected chi connectivity index (χ4v) is 4.30. The number of carbonyl (C=O) groups is 2. The van der Waals surface area contributed by atoms with Crippen LogP contribution < -0.4 is 4.74 Å². The lowest BCUT2D eigenvalue weighted by Crippen LogP contribution is -2.29. The molecule has 0 spiro atoms. The monoisotopic (exact) mass is 403 g/mol. The summed E-state index contributed by atoms with van der Waals surface area (Å²) in [6, 6.07) is 7.81. The van der Waals surface area contributed by atoms with Crippen molar-refractivity contribution >= 4 is 46.3 Å². The average molecular weight is 404 g/mol. The van der Waals surface area contributed by atoms with Gasteiger partial charge in [0.05, 0.1) is 4.91 Å². The predicted octanol–water partition coefficient (Wildman–Crippen LogP) is 4.24. The maximum absolute atomic E-state index is 12.7. The van der Waals surface area contributed by atoms with Gasteiger partial charge in [-0.05, 0) is 43.6 Å². The summed E-state index contributed by atoms with van der Waals surface area (Å²) in [5.41, 5.74) is 1.94. The second-order valence-electron chi connectivity index (χ2n) is 6.48. The summed E-state index contributed by atoms with van der Waals surface area (Å²) in [6.45, 7) is 2.48. The summed E-state index contributed by atoms with van der Waals surface area (Å²) in [7, 11) is 0. The minimum absolute atomic E-state index is 0.0878. The van der Waals surface area contributed by atoms with Crippen molar-refractivity contribution in [2.75, 3.05) is 6.54 Å². The lowest BCUT2D eigenvalue weighted by atomic mass is 10.0. The minimum Gasteiger partial charge on any atom is -0.485 e. The highest BCUT2D eigenvalue weighted by Gasteiger charge is 2.32. The summed E-state index contributed by atoms with van der Waals surface area (Å²) < 4.78 is 6.48. The van der Waals surface area contributed by atoms with Crippen molar-refractivity contribution < 1.29 is 19.4 Å². The molecule has 1 N–H and O–H groups in total. The van der Waals surface area contributed by atoms with Gasteiger partial charge >= 0.3 is 5.97 Å². The first-order valence-corrected chi connectivity index (χ1v) is 10.1. The average Bonchev–Trinajstić information content (AvgIpc) is 2.89. The molecule has 1 aromatic carbocycles. The highest BCUT2D eigenvalue weighted by Crippen LogP contribution is 2.35. The Balaban J connectivity index is 1.66. The van der Waals surface area contributed by atoms with E-state index >= 15 is 0 Å². The van der Waals surface area contributed by atoms with Crippen LogP contribution in [0, 0.1) is 0 Å². The fourth-order valence-electron chi connectivity index (χ4n) is 2.99. The van der Waals surface area contributed by atoms with Crippen molar-refractivity contribution in [3.05, 3.63) is 46.4 Å². The summed E-state index contributed by atoms with van der Waals surface area (Å²) in [5, 5.41) is 8.67. The standard InChI is InChI=1S/C20H21NO4S2/c1-13-15(11-14-7-4-5-8-16(14)25-13)12-17-19(24)21(20(26)27-17)10-6-2-3-9-18(22)23/h4-5,7-8,11-13H,2-3,6,9-10H2,1H3,(H,22,23). The third-order valence-electron chi connectivity index (χ3n) is 4.46. The molecule has 1 fully saturated rings. The molecule has 0 radical (unpaired) electrons. The molecule has 1 unspecified atom stereocenters. The van der Waals surface area contributed by atoms with Gasteiger partial charge in [-0.2, -0.15) is 0 Å². The van der Waals surface area contributed by atoms with E-state index in [0.29, 0.717) is 22.2 Å². The van der Waals surface area contributed by atoms with Crippen molar-refractivity contribution in [1.29, 1.82) is 0 Å². The van der Waals surface area contributed by atoms with Crippen LogP contribution in [0.1, 0.15) is 38.2 Å². The molecule has 0 bridgehead atoms. The maximum atomic E-state index is 12.7. The second kappa shape index (κ2) is 8.71. The molecule has 1 saturated heterocycles. The van der Waals surface area contributed by atoms with E-state index in [0.717, 1.165) is 29.7 Å². The molecule has 142 valence electrons. The largest absolute Gasteiger partial charge is 0.485 e. The number of hydrogen-bond acceptors (Lipinski definition) is 5. The van der Waals surface area contributed by atoms with Gasteiger partial charge in [-0.1, -0.05) is 48.6 Å². The third-order valence-corrected chi connectivity index (χ3v) is 5.84. The molecule has 3 rings (SSSR count). The molecular weight excluding hydrogens is 382 g/mol. The highest BCUT2D eigenvalue weighted by molar-refractivity contribution is 8.26. The molecule has 0 saturated carbocycles. The number of aliphatic carboxylic acids is 1. The Morgan fingerprint density at radius 2 is 2.11 bits per heavy atom. The molecule has 2 heterocycles. The lowest BCUT2D eigenvalue weighted by molar-refractivity contribution is -0.137. The van der Waals surface area contributed by atoms with Crippen LogP contribution in [0.15, 0.2) is 40.8 Å². The fraction of sp³-hybridized carbons (Fsp3) is 0.350. The first kappa shape index (κ1) is 19.6. The molecule has 0 aromatic heterocycles. The number of thiocarbonyl (C=S) groups is 1. The molecule has 7 heteroatoms. The van der Waals surface area contributed by atoms with Gasteiger partial charge in [-0.25, -0.2) is 0 Å². The summed E-state index contributed by atoms with van der Waals surface area (Å²) >= 11 is 6.66. The summed E-state index contributed by atoms with van der Waals surface area (Å²) in [4.78, 5) is 25.5. The first-order valence-electron chi connectivity index (χ1n) is 8.90. The van der Waals surface area contributed by atoms with Crippen LogP contribution in [0.5, 0.6) is 5.75 Å². The van der Waals surface area contributed by atoms with Gasteiger partial charge in [-0.3, -0.25) is 14.5 Å². The lowest BCUT2D eigenvalue weighted by Gasteiger charge is -2.23. The number of nitrogens with zero attached hydrogens (tertiary/aromatic N) is 1. The number of carbonyl (C=O) groups excluding carboxylic acids is 1. The topological polar surface area (TPSA) is 66.8 Å². The predicted molar refractivity (Wildman–Crippen MR) is 111 cm³/mol. The quantitative estimate of drug-likeness (QED) is 0.417. The number of para-hydroxylation sites is 1. The number of hydrogen-bond donors (Lipinski definition) is 1. The van der Waals surface area contributed by atoms with E-state index in [1.165, 1.54) is 11.8 Å². The van der Waals surface area contributed by atoms with E-state index in [1.54, 1.807) is 4.90 Å². The SMILES string of the molecule is CC1Oc2ccccc2C=C1C=C1SC(=S)N(CCCCCC(=O)O)C1=O. The Hall–Kier alpha value is -2.12. The molecule has 2 aliphatic rings. The van der Waals surface area contributed by atoms with E-state index in [9.17, 15) is 9.59 Å². The van der Waals surface area contributed by atoms with E-state index in [2.05, 4.69) is 0 Å². The van der Waals surface area contributed by atoms with Crippen LogP contribution in [0.25, 0.3) is 6.08 Å². The summed E-state index contributed by atoms with van der Waals surface area (Å²) in [5.74, 6) is -0.0338. The Kier molecular flexibility index (Phi) is 6.34. The van der Waals surface area contributed by atoms with Gasteiger partial charge < -0.3 is 9.84 Å². The number of carboxylic acid groups (broad SMARTS) is 1. The van der Waals surface area contributed by atoms with Gasteiger partial charge in [0.25, 0.3) is 5.91 Å².